The van der Waals surface area contributed by atoms with Gasteiger partial charge in [0.1, 0.15) is 0 Å². The van der Waals surface area contributed by atoms with E-state index in [4.69, 9.17) is 0 Å². The molecule has 0 bridgehead atoms. The molecule has 0 radical (unpaired) electrons. The first kappa shape index (κ1) is 13.7. The van der Waals surface area contributed by atoms with Gasteiger partial charge >= 0.3 is 0 Å². The van der Waals surface area contributed by atoms with Gasteiger partial charge in [0.15, 0.2) is 0 Å². The van der Waals surface area contributed by atoms with Gasteiger partial charge < -0.3 is 10.3 Å². The van der Waals surface area contributed by atoms with Gasteiger partial charge in [-0.05, 0) is 12.5 Å². The number of carbonyl (C=O) groups excluding carboxylic acids is 1. The van der Waals surface area contributed by atoms with E-state index in [2.05, 4.69) is 40.4 Å². The Bertz CT molecular complexity index is 525. The van der Waals surface area contributed by atoms with Gasteiger partial charge in [-0.2, -0.15) is 0 Å². The lowest BCUT2D eigenvalue weighted by Gasteiger charge is -2.04. The third-order valence-electron chi connectivity index (χ3n) is 2.62. The average Bonchev–Trinajstić information content (AvgIpc) is 2.89. The zero-order chi connectivity index (χ0) is 13.5. The summed E-state index contributed by atoms with van der Waals surface area (Å²) in [5.74, 6) is 1.38. The Labute approximate surface area is 117 Å². The maximum Gasteiger partial charge on any atom is 0.230 e. The van der Waals surface area contributed by atoms with Gasteiger partial charge in [-0.25, -0.2) is 4.98 Å². The van der Waals surface area contributed by atoms with Crippen LogP contribution in [0.15, 0.2) is 36.8 Å². The van der Waals surface area contributed by atoms with E-state index in [1.807, 2.05) is 6.07 Å². The fraction of sp³-hybridized carbons (Fsp3) is 0.286. The molecule has 1 amide bonds. The monoisotopic (exact) mass is 275 g/mol. The Hall–Kier alpha value is -1.75. The Morgan fingerprint density at radius 1 is 1.47 bits per heavy atom. The largest absolute Gasteiger partial charge is 0.350 e. The van der Waals surface area contributed by atoms with Crippen molar-refractivity contribution < 1.29 is 4.79 Å². The van der Waals surface area contributed by atoms with Crippen molar-refractivity contribution in [3.05, 3.63) is 53.6 Å². The van der Waals surface area contributed by atoms with Crippen LogP contribution in [0.4, 0.5) is 0 Å². The summed E-state index contributed by atoms with van der Waals surface area (Å²) in [5, 5.41) is 2.85. The van der Waals surface area contributed by atoms with Crippen LogP contribution in [0, 0.1) is 6.92 Å². The first-order valence-electron chi connectivity index (χ1n) is 6.11. The van der Waals surface area contributed by atoms with Crippen LogP contribution in [0.25, 0.3) is 0 Å². The van der Waals surface area contributed by atoms with Crippen molar-refractivity contribution >= 4 is 17.7 Å². The van der Waals surface area contributed by atoms with Gasteiger partial charge in [0.2, 0.25) is 5.91 Å². The van der Waals surface area contributed by atoms with Crippen LogP contribution in [0.2, 0.25) is 0 Å². The number of thioether (sulfide) groups is 1. The SMILES string of the molecule is Cc1cccc(CSCC(=O)NCc2cnc[nH]2)c1. The van der Waals surface area contributed by atoms with E-state index in [-0.39, 0.29) is 5.91 Å². The normalized spacial score (nSPS) is 10.4. The fourth-order valence-corrected chi connectivity index (χ4v) is 2.49. The molecular formula is C14H17N3OS. The van der Waals surface area contributed by atoms with Crippen LogP contribution in [0.3, 0.4) is 0 Å². The lowest BCUT2D eigenvalue weighted by Crippen LogP contribution is -2.24. The van der Waals surface area contributed by atoms with Gasteiger partial charge in [-0.1, -0.05) is 29.8 Å². The van der Waals surface area contributed by atoms with E-state index in [1.165, 1.54) is 11.1 Å². The first-order chi connectivity index (χ1) is 9.24. The fourth-order valence-electron chi connectivity index (χ4n) is 1.69. The molecule has 4 nitrogen and oxygen atoms in total. The molecule has 0 aliphatic rings. The number of imidazole rings is 1. The third kappa shape index (κ3) is 4.79. The topological polar surface area (TPSA) is 57.8 Å². The number of rotatable bonds is 6. The number of aromatic nitrogens is 2. The number of H-pyrrole nitrogens is 1. The molecule has 0 unspecified atom stereocenters. The molecular weight excluding hydrogens is 258 g/mol. The smallest absolute Gasteiger partial charge is 0.230 e. The van der Waals surface area contributed by atoms with Crippen molar-refractivity contribution in [1.82, 2.24) is 15.3 Å². The van der Waals surface area contributed by atoms with E-state index in [0.29, 0.717) is 12.3 Å². The number of hydrogen-bond donors (Lipinski definition) is 2. The van der Waals surface area contributed by atoms with Crippen molar-refractivity contribution in [2.45, 2.75) is 19.2 Å². The molecule has 19 heavy (non-hydrogen) atoms. The van der Waals surface area contributed by atoms with Crippen LogP contribution < -0.4 is 5.32 Å². The number of benzene rings is 1. The van der Waals surface area contributed by atoms with Crippen LogP contribution in [0.5, 0.6) is 0 Å². The molecule has 1 aromatic carbocycles. The average molecular weight is 275 g/mol. The molecule has 0 saturated carbocycles. The van der Waals surface area contributed by atoms with Gasteiger partial charge in [-0.3, -0.25) is 4.79 Å². The van der Waals surface area contributed by atoms with Crippen LogP contribution in [-0.2, 0) is 17.1 Å². The van der Waals surface area contributed by atoms with E-state index >= 15 is 0 Å². The van der Waals surface area contributed by atoms with E-state index in [9.17, 15) is 4.79 Å². The number of nitrogens with one attached hydrogen (secondary N) is 2. The molecule has 1 aromatic heterocycles. The summed E-state index contributed by atoms with van der Waals surface area (Å²) >= 11 is 1.62. The van der Waals surface area contributed by atoms with Crippen molar-refractivity contribution in [3.8, 4) is 0 Å². The Morgan fingerprint density at radius 2 is 2.37 bits per heavy atom. The molecule has 1 heterocycles. The predicted octanol–water partition coefficient (Wildman–Crippen LogP) is 2.27. The van der Waals surface area contributed by atoms with Gasteiger partial charge in [0.05, 0.1) is 24.3 Å². The molecule has 0 aliphatic carbocycles. The molecule has 0 spiro atoms. The second-order valence-electron chi connectivity index (χ2n) is 4.34. The van der Waals surface area contributed by atoms with Crippen LogP contribution in [-0.4, -0.2) is 21.6 Å². The predicted molar refractivity (Wildman–Crippen MR) is 77.8 cm³/mol. The summed E-state index contributed by atoms with van der Waals surface area (Å²) in [5.41, 5.74) is 3.42. The molecule has 2 aromatic rings. The number of amides is 1. The van der Waals surface area contributed by atoms with E-state index in [1.54, 1.807) is 24.3 Å². The summed E-state index contributed by atoms with van der Waals surface area (Å²) in [7, 11) is 0. The van der Waals surface area contributed by atoms with Crippen LogP contribution in [0.1, 0.15) is 16.8 Å². The molecule has 0 saturated heterocycles. The first-order valence-corrected chi connectivity index (χ1v) is 7.27. The van der Waals surface area contributed by atoms with Crippen molar-refractivity contribution in [2.24, 2.45) is 0 Å². The molecule has 5 heteroatoms. The lowest BCUT2D eigenvalue weighted by atomic mass is 10.2. The maximum atomic E-state index is 11.6. The number of nitrogens with zero attached hydrogens (tertiary/aromatic N) is 1. The second kappa shape index (κ2) is 6.99. The van der Waals surface area contributed by atoms with Gasteiger partial charge in [0.25, 0.3) is 0 Å². The zero-order valence-electron chi connectivity index (χ0n) is 10.8. The maximum absolute atomic E-state index is 11.6. The highest BCUT2D eigenvalue weighted by Gasteiger charge is 2.02. The highest BCUT2D eigenvalue weighted by molar-refractivity contribution is 7.99. The standard InChI is InChI=1S/C14H17N3OS/c1-11-3-2-4-12(5-11)8-19-9-14(18)16-7-13-6-15-10-17-13/h2-6,10H,7-9H2,1H3,(H,15,17)(H,16,18). The van der Waals surface area contributed by atoms with Crippen LogP contribution >= 0.6 is 11.8 Å². The highest BCUT2D eigenvalue weighted by Crippen LogP contribution is 2.13. The summed E-state index contributed by atoms with van der Waals surface area (Å²) in [6.07, 6.45) is 3.31. The molecule has 0 atom stereocenters. The summed E-state index contributed by atoms with van der Waals surface area (Å²) in [6, 6.07) is 8.35. The van der Waals surface area contributed by atoms with Gasteiger partial charge in [-0.15, -0.1) is 11.8 Å². The second-order valence-corrected chi connectivity index (χ2v) is 5.32. The van der Waals surface area contributed by atoms with Crippen molar-refractivity contribution in [2.75, 3.05) is 5.75 Å². The molecule has 2 rings (SSSR count). The third-order valence-corrected chi connectivity index (χ3v) is 3.62. The zero-order valence-corrected chi connectivity index (χ0v) is 11.7. The number of aromatic amines is 1. The van der Waals surface area contributed by atoms with E-state index < -0.39 is 0 Å². The Kier molecular flexibility index (Phi) is 5.03. The number of carbonyl (C=O) groups is 1. The van der Waals surface area contributed by atoms with E-state index in [0.717, 1.165) is 11.4 Å². The van der Waals surface area contributed by atoms with Crippen molar-refractivity contribution in [3.63, 3.8) is 0 Å². The van der Waals surface area contributed by atoms with Crippen molar-refractivity contribution in [1.29, 1.82) is 0 Å². The lowest BCUT2D eigenvalue weighted by molar-refractivity contribution is -0.118. The summed E-state index contributed by atoms with van der Waals surface area (Å²) in [4.78, 5) is 18.5. The minimum Gasteiger partial charge on any atom is -0.350 e. The Morgan fingerprint density at radius 3 is 3.11 bits per heavy atom. The number of hydrogen-bond acceptors (Lipinski definition) is 3. The highest BCUT2D eigenvalue weighted by atomic mass is 32.2. The molecule has 0 fully saturated rings. The molecule has 100 valence electrons. The number of aryl methyl sites for hydroxylation is 1. The summed E-state index contributed by atoms with van der Waals surface area (Å²) in [6.45, 7) is 2.58. The quantitative estimate of drug-likeness (QED) is 0.850. The van der Waals surface area contributed by atoms with Gasteiger partial charge in [0, 0.05) is 11.9 Å². The summed E-state index contributed by atoms with van der Waals surface area (Å²) < 4.78 is 0. The molecule has 2 N–H and O–H groups in total. The Balaban J connectivity index is 1.66. The minimum atomic E-state index is 0.0484. The minimum absolute atomic E-state index is 0.0484. The molecule has 0 aliphatic heterocycles.